The van der Waals surface area contributed by atoms with Crippen molar-refractivity contribution in [3.8, 4) is 5.75 Å². The van der Waals surface area contributed by atoms with Gasteiger partial charge in [0.15, 0.2) is 6.04 Å². The molecule has 2 aromatic carbocycles. The number of alkyl halides is 3. The lowest BCUT2D eigenvalue weighted by Crippen LogP contribution is -2.49. The zero-order valence-corrected chi connectivity index (χ0v) is 18.2. The monoisotopic (exact) mass is 479 g/mol. The third kappa shape index (κ3) is 5.48. The Kier molecular flexibility index (Phi) is 6.83. The molecule has 1 atom stereocenters. The Morgan fingerprint density at radius 3 is 2.11 bits per heavy atom. The summed E-state index contributed by atoms with van der Waals surface area (Å²) in [6.07, 6.45) is -4.82. The van der Waals surface area contributed by atoms with Crippen molar-refractivity contribution in [3.05, 3.63) is 57.1 Å². The van der Waals surface area contributed by atoms with E-state index in [2.05, 4.69) is 15.9 Å². The summed E-state index contributed by atoms with van der Waals surface area (Å²) in [6, 6.07) is 5.74. The molecule has 4 nitrogen and oxygen atoms in total. The molecule has 0 saturated carbocycles. The van der Waals surface area contributed by atoms with Crippen LogP contribution in [0, 0.1) is 27.7 Å². The molecule has 2 aromatic rings. The van der Waals surface area contributed by atoms with Crippen LogP contribution in [0.3, 0.4) is 0 Å². The molecule has 1 unspecified atom stereocenters. The van der Waals surface area contributed by atoms with Gasteiger partial charge in [0.1, 0.15) is 12.4 Å². The van der Waals surface area contributed by atoms with Gasteiger partial charge in [-0.05, 0) is 72.4 Å². The highest BCUT2D eigenvalue weighted by molar-refractivity contribution is 9.10. The topological polar surface area (TPSA) is 55.4 Å². The summed E-state index contributed by atoms with van der Waals surface area (Å²) in [5.41, 5.74) is 2.49. The summed E-state index contributed by atoms with van der Waals surface area (Å²) >= 11 is 3.23. The van der Waals surface area contributed by atoms with E-state index in [1.807, 2.05) is 6.92 Å². The van der Waals surface area contributed by atoms with Gasteiger partial charge in [0.2, 0.25) is 10.0 Å². The Hall–Kier alpha value is -1.58. The number of sulfonamides is 1. The Morgan fingerprint density at radius 2 is 1.61 bits per heavy atom. The average molecular weight is 480 g/mol. The molecule has 0 radical (unpaired) electrons. The summed E-state index contributed by atoms with van der Waals surface area (Å²) in [6.45, 7) is 5.82. The standard InChI is InChI=1S/C19H21BrF3NO3S/c1-11-5-6-16(15(20)9-11)27-10-17(19(21,22)23)24-28(25,26)18-13(3)7-12(2)8-14(18)4/h5-9,17,24H,10H2,1-4H3. The van der Waals surface area contributed by atoms with E-state index in [1.165, 1.54) is 6.07 Å². The number of hydrogen-bond acceptors (Lipinski definition) is 3. The smallest absolute Gasteiger partial charge is 0.408 e. The Bertz CT molecular complexity index is 952. The first-order valence-corrected chi connectivity index (χ1v) is 10.6. The lowest BCUT2D eigenvalue weighted by molar-refractivity contribution is -0.157. The van der Waals surface area contributed by atoms with Crippen LogP contribution >= 0.6 is 15.9 Å². The van der Waals surface area contributed by atoms with E-state index in [0.29, 0.717) is 15.6 Å². The van der Waals surface area contributed by atoms with Crippen LogP contribution in [0.15, 0.2) is 39.7 Å². The van der Waals surface area contributed by atoms with Gasteiger partial charge in [-0.3, -0.25) is 0 Å². The van der Waals surface area contributed by atoms with E-state index < -0.39 is 28.8 Å². The Labute approximate surface area is 171 Å². The molecular weight excluding hydrogens is 459 g/mol. The molecule has 0 aliphatic carbocycles. The van der Waals surface area contributed by atoms with Gasteiger partial charge in [-0.25, -0.2) is 8.42 Å². The lowest BCUT2D eigenvalue weighted by Gasteiger charge is -2.23. The highest BCUT2D eigenvalue weighted by Gasteiger charge is 2.43. The molecule has 1 N–H and O–H groups in total. The van der Waals surface area contributed by atoms with E-state index in [0.717, 1.165) is 11.1 Å². The molecule has 0 aromatic heterocycles. The lowest BCUT2D eigenvalue weighted by atomic mass is 10.1. The highest BCUT2D eigenvalue weighted by Crippen LogP contribution is 2.29. The van der Waals surface area contributed by atoms with Crippen molar-refractivity contribution >= 4 is 26.0 Å². The Morgan fingerprint density at radius 1 is 1.04 bits per heavy atom. The van der Waals surface area contributed by atoms with Crippen molar-refractivity contribution < 1.29 is 26.3 Å². The summed E-state index contributed by atoms with van der Waals surface area (Å²) in [5, 5.41) is 0. The van der Waals surface area contributed by atoms with E-state index in [4.69, 9.17) is 4.74 Å². The number of rotatable bonds is 6. The number of aryl methyl sites for hydroxylation is 4. The molecule has 0 spiro atoms. The van der Waals surface area contributed by atoms with Crippen LogP contribution in [0.25, 0.3) is 0 Å². The van der Waals surface area contributed by atoms with Crippen LogP contribution in [0.2, 0.25) is 0 Å². The molecule has 0 bridgehead atoms. The van der Waals surface area contributed by atoms with Gasteiger partial charge in [-0.15, -0.1) is 0 Å². The van der Waals surface area contributed by atoms with Gasteiger partial charge in [0, 0.05) is 0 Å². The molecule has 0 aliphatic rings. The minimum absolute atomic E-state index is 0.149. The number of halogens is 4. The zero-order valence-electron chi connectivity index (χ0n) is 15.8. The fourth-order valence-corrected chi connectivity index (χ4v) is 5.20. The second-order valence-corrected chi connectivity index (χ2v) is 9.19. The van der Waals surface area contributed by atoms with Gasteiger partial charge in [-0.1, -0.05) is 23.8 Å². The van der Waals surface area contributed by atoms with Crippen molar-refractivity contribution in [2.24, 2.45) is 0 Å². The Balaban J connectivity index is 2.29. The predicted molar refractivity (Wildman–Crippen MR) is 105 cm³/mol. The third-order valence-corrected chi connectivity index (χ3v) is 6.45. The quantitative estimate of drug-likeness (QED) is 0.636. The first-order valence-electron chi connectivity index (χ1n) is 8.37. The van der Waals surface area contributed by atoms with Gasteiger partial charge in [-0.2, -0.15) is 17.9 Å². The maximum absolute atomic E-state index is 13.5. The molecule has 9 heteroatoms. The van der Waals surface area contributed by atoms with Crippen LogP contribution in [0.5, 0.6) is 5.75 Å². The normalized spacial score (nSPS) is 13.4. The molecule has 2 rings (SSSR count). The largest absolute Gasteiger partial charge is 0.490 e. The molecule has 0 amide bonds. The van der Waals surface area contributed by atoms with Crippen LogP contribution in [0.1, 0.15) is 22.3 Å². The molecule has 28 heavy (non-hydrogen) atoms. The van der Waals surface area contributed by atoms with Crippen LogP contribution in [-0.4, -0.2) is 27.2 Å². The van der Waals surface area contributed by atoms with E-state index in [1.54, 1.807) is 49.8 Å². The number of ether oxygens (including phenoxy) is 1. The number of benzene rings is 2. The maximum Gasteiger partial charge on any atom is 0.408 e. The van der Waals surface area contributed by atoms with Crippen molar-refractivity contribution in [1.29, 1.82) is 0 Å². The summed E-state index contributed by atoms with van der Waals surface area (Å²) in [7, 11) is -4.40. The SMILES string of the molecule is Cc1cc(C)c(S(=O)(=O)NC(COc2ccc(C)cc2Br)C(F)(F)F)c(C)c1. The first kappa shape index (κ1) is 22.7. The van der Waals surface area contributed by atoms with Gasteiger partial charge in [0.25, 0.3) is 0 Å². The van der Waals surface area contributed by atoms with E-state index in [9.17, 15) is 21.6 Å². The molecule has 0 fully saturated rings. The molecule has 154 valence electrons. The number of nitrogens with one attached hydrogen (secondary N) is 1. The zero-order chi connectivity index (χ0) is 21.3. The fraction of sp³-hybridized carbons (Fsp3) is 0.368. The van der Waals surface area contributed by atoms with Gasteiger partial charge in [0.05, 0.1) is 9.37 Å². The summed E-state index contributed by atoms with van der Waals surface area (Å²) in [5.74, 6) is 0.196. The molecule has 0 aliphatic heterocycles. The van der Waals surface area contributed by atoms with Crippen LogP contribution in [-0.2, 0) is 10.0 Å². The van der Waals surface area contributed by atoms with Gasteiger partial charge >= 0.3 is 6.18 Å². The van der Waals surface area contributed by atoms with Crippen molar-refractivity contribution in [1.82, 2.24) is 4.72 Å². The summed E-state index contributed by atoms with van der Waals surface area (Å²) in [4.78, 5) is -0.149. The minimum atomic E-state index is -4.82. The van der Waals surface area contributed by atoms with Gasteiger partial charge < -0.3 is 4.74 Å². The molecular formula is C19H21BrF3NO3S. The number of hydrogen-bond donors (Lipinski definition) is 1. The van der Waals surface area contributed by atoms with E-state index >= 15 is 0 Å². The molecule has 0 saturated heterocycles. The third-order valence-electron chi connectivity index (χ3n) is 4.06. The van der Waals surface area contributed by atoms with Crippen LogP contribution in [0.4, 0.5) is 13.2 Å². The second-order valence-electron chi connectivity index (χ2n) is 6.69. The minimum Gasteiger partial charge on any atom is -0.490 e. The maximum atomic E-state index is 13.5. The molecule has 0 heterocycles. The fourth-order valence-electron chi connectivity index (χ4n) is 2.93. The predicted octanol–water partition coefficient (Wildman–Crippen LogP) is 4.97. The second kappa shape index (κ2) is 8.42. The highest BCUT2D eigenvalue weighted by atomic mass is 79.9. The van der Waals surface area contributed by atoms with Crippen molar-refractivity contribution in [2.75, 3.05) is 6.61 Å². The first-order chi connectivity index (χ1) is 12.8. The van der Waals surface area contributed by atoms with Crippen molar-refractivity contribution in [3.63, 3.8) is 0 Å². The van der Waals surface area contributed by atoms with Crippen molar-refractivity contribution in [2.45, 2.75) is 44.8 Å². The summed E-state index contributed by atoms with van der Waals surface area (Å²) < 4.78 is 73.3. The van der Waals surface area contributed by atoms with E-state index in [-0.39, 0.29) is 10.6 Å². The average Bonchev–Trinajstić information content (AvgIpc) is 2.50. The van der Waals surface area contributed by atoms with Crippen LogP contribution < -0.4 is 9.46 Å².